The number of hydrogen-bond acceptors (Lipinski definition) is 5. The van der Waals surface area contributed by atoms with Gasteiger partial charge in [-0.3, -0.25) is 4.98 Å². The van der Waals surface area contributed by atoms with E-state index in [-0.39, 0.29) is 0 Å². The van der Waals surface area contributed by atoms with Crippen LogP contribution in [0.25, 0.3) is 118 Å². The quantitative estimate of drug-likeness (QED) is 0.168. The van der Waals surface area contributed by atoms with Crippen molar-refractivity contribution in [1.82, 2.24) is 15.0 Å². The number of fused-ring (bicyclic) bond motifs is 7. The minimum atomic E-state index is 0.694. The molecule has 0 saturated carbocycles. The Kier molecular flexibility index (Phi) is 8.22. The summed E-state index contributed by atoms with van der Waals surface area (Å²) in [6.45, 7) is 0. The first-order valence-corrected chi connectivity index (χ1v) is 21.7. The summed E-state index contributed by atoms with van der Waals surface area (Å²) in [7, 11) is 0. The van der Waals surface area contributed by atoms with Gasteiger partial charge in [0.1, 0.15) is 0 Å². The number of aromatic nitrogens is 3. The molecule has 0 saturated heterocycles. The SMILES string of the molecule is c1cncc(-c2ccc(-c3cc(-c4cc(-c5ccc6sc7ccccc7c6c5)cc(-c5ccc6sc7ccccc7c6c5)c4)nc(-c4cccc5ccccc45)n3)cc2)c1. The van der Waals surface area contributed by atoms with Gasteiger partial charge in [0.15, 0.2) is 5.82 Å². The van der Waals surface area contributed by atoms with Crippen molar-refractivity contribution in [3.05, 3.63) is 200 Å². The molecule has 0 atom stereocenters. The Bertz CT molecular complexity index is 3470. The van der Waals surface area contributed by atoms with E-state index < -0.39 is 0 Å². The summed E-state index contributed by atoms with van der Waals surface area (Å²) in [5.41, 5.74) is 11.6. The van der Waals surface area contributed by atoms with Crippen LogP contribution in [0.2, 0.25) is 0 Å². The summed E-state index contributed by atoms with van der Waals surface area (Å²) in [5.74, 6) is 0.694. The molecule has 0 amide bonds. The van der Waals surface area contributed by atoms with E-state index in [1.807, 2.05) is 34.9 Å². The van der Waals surface area contributed by atoms with E-state index in [9.17, 15) is 0 Å². The van der Waals surface area contributed by atoms with E-state index in [4.69, 9.17) is 9.97 Å². The van der Waals surface area contributed by atoms with Crippen molar-refractivity contribution in [2.24, 2.45) is 0 Å². The van der Waals surface area contributed by atoms with Crippen LogP contribution in [0.15, 0.2) is 200 Å². The second-order valence-corrected chi connectivity index (χ2v) is 17.4. The van der Waals surface area contributed by atoms with Crippen LogP contribution in [0.3, 0.4) is 0 Å². The fourth-order valence-electron chi connectivity index (χ4n) is 8.57. The molecule has 0 fully saturated rings. The third kappa shape index (κ3) is 6.06. The van der Waals surface area contributed by atoms with Gasteiger partial charge in [0, 0.05) is 69.4 Å². The highest BCUT2D eigenvalue weighted by molar-refractivity contribution is 7.26. The van der Waals surface area contributed by atoms with Crippen LogP contribution in [0.5, 0.6) is 0 Å². The van der Waals surface area contributed by atoms with Gasteiger partial charge in [-0.15, -0.1) is 22.7 Å². The van der Waals surface area contributed by atoms with Crippen molar-refractivity contribution in [3.63, 3.8) is 0 Å². The van der Waals surface area contributed by atoms with E-state index in [0.717, 1.165) is 61.1 Å². The maximum absolute atomic E-state index is 5.43. The van der Waals surface area contributed by atoms with Crippen LogP contribution in [-0.4, -0.2) is 15.0 Å². The molecule has 0 aliphatic rings. The zero-order chi connectivity index (χ0) is 39.6. The van der Waals surface area contributed by atoms with Crippen LogP contribution in [0.1, 0.15) is 0 Å². The van der Waals surface area contributed by atoms with Crippen molar-refractivity contribution in [2.45, 2.75) is 0 Å². The Hall–Kier alpha value is -7.31. The van der Waals surface area contributed by atoms with E-state index in [1.54, 1.807) is 6.20 Å². The zero-order valence-corrected chi connectivity index (χ0v) is 33.8. The normalized spacial score (nSPS) is 11.7. The lowest BCUT2D eigenvalue weighted by atomic mass is 9.93. The van der Waals surface area contributed by atoms with E-state index >= 15 is 0 Å². The minimum Gasteiger partial charge on any atom is -0.264 e. The number of benzene rings is 8. The molecule has 12 rings (SSSR count). The first-order valence-electron chi connectivity index (χ1n) is 20.1. The molecule has 5 heteroatoms. The first-order chi connectivity index (χ1) is 29.7. The average molecular weight is 800 g/mol. The summed E-state index contributed by atoms with van der Waals surface area (Å²) in [6, 6.07) is 67.9. The standard InChI is InChI=1S/C55H33N3S2/c1-2-12-43-35(9-1)10-7-15-46(43)55-57-49(36-20-18-34(19-21-36)39-11-8-26-56-33-39)32-50(58-55)42-28-40(37-22-24-53-47(30-37)44-13-3-5-16-51(44)59-53)27-41(29-42)38-23-25-54-48(31-38)45-14-4-6-17-52(45)60-54/h1-33H. The number of pyridine rings is 1. The fourth-order valence-corrected chi connectivity index (χ4v) is 10.7. The monoisotopic (exact) mass is 799 g/mol. The smallest absolute Gasteiger partial charge is 0.161 e. The molecule has 0 aliphatic heterocycles. The average Bonchev–Trinajstić information content (AvgIpc) is 3.89. The molecule has 4 aromatic heterocycles. The molecule has 0 aliphatic carbocycles. The molecular formula is C55H33N3S2. The number of nitrogens with zero attached hydrogens (tertiary/aromatic N) is 3. The highest BCUT2D eigenvalue weighted by Gasteiger charge is 2.17. The Labute approximate surface area is 354 Å². The van der Waals surface area contributed by atoms with Gasteiger partial charge in [-0.1, -0.05) is 121 Å². The zero-order valence-electron chi connectivity index (χ0n) is 32.2. The number of hydrogen-bond donors (Lipinski definition) is 0. The summed E-state index contributed by atoms with van der Waals surface area (Å²) in [4.78, 5) is 15.1. The van der Waals surface area contributed by atoms with Gasteiger partial charge in [0.05, 0.1) is 11.4 Å². The van der Waals surface area contributed by atoms with Crippen molar-refractivity contribution in [2.75, 3.05) is 0 Å². The summed E-state index contributed by atoms with van der Waals surface area (Å²) in [6.07, 6.45) is 3.71. The fraction of sp³-hybridized carbons (Fsp3) is 0. The number of rotatable bonds is 6. The lowest BCUT2D eigenvalue weighted by molar-refractivity contribution is 1.19. The van der Waals surface area contributed by atoms with Crippen LogP contribution in [-0.2, 0) is 0 Å². The topological polar surface area (TPSA) is 38.7 Å². The second-order valence-electron chi connectivity index (χ2n) is 15.2. The Morgan fingerprint density at radius 2 is 0.850 bits per heavy atom. The number of thiophene rings is 2. The highest BCUT2D eigenvalue weighted by atomic mass is 32.1. The van der Waals surface area contributed by atoms with E-state index in [1.165, 1.54) is 51.5 Å². The van der Waals surface area contributed by atoms with E-state index in [2.05, 4.69) is 187 Å². The molecule has 280 valence electrons. The molecule has 3 nitrogen and oxygen atoms in total. The van der Waals surface area contributed by atoms with Crippen molar-refractivity contribution < 1.29 is 0 Å². The van der Waals surface area contributed by atoms with Gasteiger partial charge in [0.25, 0.3) is 0 Å². The minimum absolute atomic E-state index is 0.694. The van der Waals surface area contributed by atoms with Crippen molar-refractivity contribution in [3.8, 4) is 67.3 Å². The molecule has 12 aromatic rings. The molecular weight excluding hydrogens is 767 g/mol. The third-order valence-corrected chi connectivity index (χ3v) is 13.9. The lowest BCUT2D eigenvalue weighted by Crippen LogP contribution is -1.97. The molecule has 0 bridgehead atoms. The predicted octanol–water partition coefficient (Wildman–Crippen LogP) is 15.8. The van der Waals surface area contributed by atoms with Gasteiger partial charge in [-0.2, -0.15) is 0 Å². The molecule has 0 radical (unpaired) electrons. The Morgan fingerprint density at radius 1 is 0.317 bits per heavy atom. The highest BCUT2D eigenvalue weighted by Crippen LogP contribution is 2.41. The maximum atomic E-state index is 5.43. The third-order valence-electron chi connectivity index (χ3n) is 11.6. The van der Waals surface area contributed by atoms with Crippen LogP contribution in [0, 0.1) is 0 Å². The summed E-state index contributed by atoms with van der Waals surface area (Å²) >= 11 is 3.70. The summed E-state index contributed by atoms with van der Waals surface area (Å²) < 4.78 is 5.19. The Morgan fingerprint density at radius 3 is 1.50 bits per heavy atom. The molecule has 0 unspecified atom stereocenters. The van der Waals surface area contributed by atoms with Gasteiger partial charge in [0.2, 0.25) is 0 Å². The van der Waals surface area contributed by atoms with Crippen molar-refractivity contribution >= 4 is 73.8 Å². The van der Waals surface area contributed by atoms with Gasteiger partial charge in [-0.25, -0.2) is 9.97 Å². The second kappa shape index (κ2) is 14.2. The first kappa shape index (κ1) is 34.7. The molecule has 8 aromatic carbocycles. The van der Waals surface area contributed by atoms with Crippen LogP contribution < -0.4 is 0 Å². The molecule has 0 N–H and O–H groups in total. The molecule has 60 heavy (non-hydrogen) atoms. The van der Waals surface area contributed by atoms with E-state index in [0.29, 0.717) is 5.82 Å². The summed E-state index contributed by atoms with van der Waals surface area (Å²) in [5, 5.41) is 7.42. The molecule has 4 heterocycles. The predicted molar refractivity (Wildman–Crippen MR) is 256 cm³/mol. The maximum Gasteiger partial charge on any atom is 0.161 e. The van der Waals surface area contributed by atoms with Gasteiger partial charge < -0.3 is 0 Å². The molecule has 0 spiro atoms. The lowest BCUT2D eigenvalue weighted by Gasteiger charge is -2.14. The van der Waals surface area contributed by atoms with Crippen LogP contribution >= 0.6 is 22.7 Å². The Balaban J connectivity index is 1.08. The van der Waals surface area contributed by atoms with Crippen molar-refractivity contribution in [1.29, 1.82) is 0 Å². The van der Waals surface area contributed by atoms with Gasteiger partial charge >= 0.3 is 0 Å². The van der Waals surface area contributed by atoms with Crippen LogP contribution in [0.4, 0.5) is 0 Å². The largest absolute Gasteiger partial charge is 0.264 e. The van der Waals surface area contributed by atoms with Gasteiger partial charge in [-0.05, 0) is 111 Å².